The summed E-state index contributed by atoms with van der Waals surface area (Å²) in [6.07, 6.45) is 8.34. The van der Waals surface area contributed by atoms with Gasteiger partial charge in [0.05, 0.1) is 6.04 Å². The maximum Gasteiger partial charge on any atom is 0.237 e. The SMILES string of the molecule is CCC1CCC(NC(=O)C2CCCCCN2)C1C. The van der Waals surface area contributed by atoms with E-state index in [-0.39, 0.29) is 11.9 Å². The molecule has 0 spiro atoms. The average Bonchev–Trinajstić information content (AvgIpc) is 2.61. The summed E-state index contributed by atoms with van der Waals surface area (Å²) >= 11 is 0. The number of hydrogen-bond acceptors (Lipinski definition) is 2. The van der Waals surface area contributed by atoms with Gasteiger partial charge in [-0.2, -0.15) is 0 Å². The van der Waals surface area contributed by atoms with Gasteiger partial charge in [0.15, 0.2) is 0 Å². The van der Waals surface area contributed by atoms with E-state index in [0.29, 0.717) is 12.0 Å². The molecule has 0 aromatic heterocycles. The molecule has 0 aromatic carbocycles. The van der Waals surface area contributed by atoms with Gasteiger partial charge < -0.3 is 10.6 Å². The van der Waals surface area contributed by atoms with Crippen molar-refractivity contribution in [3.8, 4) is 0 Å². The van der Waals surface area contributed by atoms with Crippen LogP contribution in [-0.4, -0.2) is 24.5 Å². The second-order valence-electron chi connectivity index (χ2n) is 6.08. The Balaban J connectivity index is 1.83. The first kappa shape index (κ1) is 13.9. The number of hydrogen-bond donors (Lipinski definition) is 2. The predicted octanol–water partition coefficient (Wildman–Crippen LogP) is 2.46. The van der Waals surface area contributed by atoms with Crippen LogP contribution in [0.2, 0.25) is 0 Å². The zero-order valence-corrected chi connectivity index (χ0v) is 11.9. The van der Waals surface area contributed by atoms with Gasteiger partial charge in [0.25, 0.3) is 0 Å². The number of carbonyl (C=O) groups excluding carboxylic acids is 1. The molecule has 1 amide bonds. The maximum atomic E-state index is 12.3. The molecule has 2 rings (SSSR count). The molecule has 1 saturated carbocycles. The summed E-state index contributed by atoms with van der Waals surface area (Å²) in [6.45, 7) is 5.56. The van der Waals surface area contributed by atoms with Crippen LogP contribution in [0.25, 0.3) is 0 Å². The first-order valence-corrected chi connectivity index (χ1v) is 7.76. The molecule has 3 heteroatoms. The molecule has 1 aliphatic carbocycles. The van der Waals surface area contributed by atoms with Crippen LogP contribution in [-0.2, 0) is 4.79 Å². The van der Waals surface area contributed by atoms with Gasteiger partial charge in [0, 0.05) is 6.04 Å². The lowest BCUT2D eigenvalue weighted by molar-refractivity contribution is -0.124. The minimum atomic E-state index is 0.0559. The van der Waals surface area contributed by atoms with Crippen LogP contribution in [0.15, 0.2) is 0 Å². The highest BCUT2D eigenvalue weighted by molar-refractivity contribution is 5.82. The lowest BCUT2D eigenvalue weighted by Gasteiger charge is -2.24. The van der Waals surface area contributed by atoms with Crippen LogP contribution in [0.1, 0.15) is 58.8 Å². The highest BCUT2D eigenvalue weighted by Crippen LogP contribution is 2.33. The molecule has 1 heterocycles. The topological polar surface area (TPSA) is 41.1 Å². The van der Waals surface area contributed by atoms with Crippen molar-refractivity contribution in [2.75, 3.05) is 6.54 Å². The first-order valence-electron chi connectivity index (χ1n) is 7.76. The van der Waals surface area contributed by atoms with E-state index in [4.69, 9.17) is 0 Å². The average molecular weight is 252 g/mol. The van der Waals surface area contributed by atoms with Crippen LogP contribution >= 0.6 is 0 Å². The highest BCUT2D eigenvalue weighted by atomic mass is 16.2. The van der Waals surface area contributed by atoms with Crippen molar-refractivity contribution in [1.82, 2.24) is 10.6 Å². The van der Waals surface area contributed by atoms with Crippen LogP contribution in [0.4, 0.5) is 0 Å². The smallest absolute Gasteiger partial charge is 0.237 e. The van der Waals surface area contributed by atoms with Gasteiger partial charge >= 0.3 is 0 Å². The van der Waals surface area contributed by atoms with Crippen LogP contribution in [0.3, 0.4) is 0 Å². The number of nitrogens with one attached hydrogen (secondary N) is 2. The number of carbonyl (C=O) groups is 1. The third-order valence-electron chi connectivity index (χ3n) is 4.96. The van der Waals surface area contributed by atoms with Gasteiger partial charge in [-0.3, -0.25) is 4.79 Å². The summed E-state index contributed by atoms with van der Waals surface area (Å²) in [5.74, 6) is 1.69. The molecular weight excluding hydrogens is 224 g/mol. The Labute approximate surface area is 111 Å². The lowest BCUT2D eigenvalue weighted by Crippen LogP contribution is -2.48. The molecule has 0 radical (unpaired) electrons. The summed E-state index contributed by atoms with van der Waals surface area (Å²) in [5, 5.41) is 6.67. The van der Waals surface area contributed by atoms with Crippen LogP contribution in [0, 0.1) is 11.8 Å². The molecule has 4 atom stereocenters. The molecule has 1 aliphatic heterocycles. The fraction of sp³-hybridized carbons (Fsp3) is 0.933. The molecule has 0 bridgehead atoms. The van der Waals surface area contributed by atoms with Crippen molar-refractivity contribution in [1.29, 1.82) is 0 Å². The van der Waals surface area contributed by atoms with E-state index in [2.05, 4.69) is 24.5 Å². The summed E-state index contributed by atoms with van der Waals surface area (Å²) < 4.78 is 0. The normalized spacial score (nSPS) is 37.2. The van der Waals surface area contributed by atoms with E-state index in [0.717, 1.165) is 25.3 Å². The summed E-state index contributed by atoms with van der Waals surface area (Å²) in [7, 11) is 0. The molecule has 2 aliphatic rings. The fourth-order valence-electron chi connectivity index (χ4n) is 3.56. The van der Waals surface area contributed by atoms with Crippen molar-refractivity contribution in [2.45, 2.75) is 70.9 Å². The molecule has 2 N–H and O–H groups in total. The Morgan fingerprint density at radius 1 is 1.22 bits per heavy atom. The van der Waals surface area contributed by atoms with Gasteiger partial charge in [0.1, 0.15) is 0 Å². The summed E-state index contributed by atoms with van der Waals surface area (Å²) in [6, 6.07) is 0.466. The molecule has 2 fully saturated rings. The fourth-order valence-corrected chi connectivity index (χ4v) is 3.56. The van der Waals surface area contributed by atoms with Crippen LogP contribution < -0.4 is 10.6 Å². The lowest BCUT2D eigenvalue weighted by atomic mass is 9.93. The van der Waals surface area contributed by atoms with Crippen LogP contribution in [0.5, 0.6) is 0 Å². The van der Waals surface area contributed by atoms with Crippen molar-refractivity contribution in [3.63, 3.8) is 0 Å². The molecule has 0 aromatic rings. The molecule has 1 saturated heterocycles. The van der Waals surface area contributed by atoms with E-state index < -0.39 is 0 Å². The Hall–Kier alpha value is -0.570. The Morgan fingerprint density at radius 2 is 2.06 bits per heavy atom. The van der Waals surface area contributed by atoms with E-state index in [9.17, 15) is 4.79 Å². The standard InChI is InChI=1S/C15H28N2O/c1-3-12-8-9-13(11(12)2)17-15(18)14-7-5-4-6-10-16-14/h11-14,16H,3-10H2,1-2H3,(H,17,18). The highest BCUT2D eigenvalue weighted by Gasteiger charge is 2.33. The first-order chi connectivity index (χ1) is 8.72. The number of rotatable bonds is 3. The van der Waals surface area contributed by atoms with Gasteiger partial charge in [-0.25, -0.2) is 0 Å². The Bertz CT molecular complexity index is 272. The van der Waals surface area contributed by atoms with Gasteiger partial charge in [-0.15, -0.1) is 0 Å². The van der Waals surface area contributed by atoms with E-state index in [1.54, 1.807) is 0 Å². The summed E-state index contributed by atoms with van der Waals surface area (Å²) in [5.41, 5.74) is 0. The van der Waals surface area contributed by atoms with Crippen molar-refractivity contribution in [2.24, 2.45) is 11.8 Å². The third kappa shape index (κ3) is 3.25. The maximum absolute atomic E-state index is 12.3. The quantitative estimate of drug-likeness (QED) is 0.810. The molecular formula is C15H28N2O. The zero-order valence-electron chi connectivity index (χ0n) is 11.9. The summed E-state index contributed by atoms with van der Waals surface area (Å²) in [4.78, 5) is 12.3. The van der Waals surface area contributed by atoms with E-state index in [1.165, 1.54) is 32.1 Å². The van der Waals surface area contributed by atoms with Crippen molar-refractivity contribution < 1.29 is 4.79 Å². The van der Waals surface area contributed by atoms with Gasteiger partial charge in [-0.05, 0) is 44.1 Å². The monoisotopic (exact) mass is 252 g/mol. The predicted molar refractivity (Wildman–Crippen MR) is 74.4 cm³/mol. The van der Waals surface area contributed by atoms with E-state index in [1.807, 2.05) is 0 Å². The zero-order chi connectivity index (χ0) is 13.0. The molecule has 104 valence electrons. The Kier molecular flexibility index (Phi) is 5.04. The molecule has 4 unspecified atom stereocenters. The Morgan fingerprint density at radius 3 is 2.78 bits per heavy atom. The minimum absolute atomic E-state index is 0.0559. The van der Waals surface area contributed by atoms with Gasteiger partial charge in [0.2, 0.25) is 5.91 Å². The molecule has 3 nitrogen and oxygen atoms in total. The van der Waals surface area contributed by atoms with E-state index >= 15 is 0 Å². The molecule has 18 heavy (non-hydrogen) atoms. The third-order valence-corrected chi connectivity index (χ3v) is 4.96. The van der Waals surface area contributed by atoms with Crippen molar-refractivity contribution in [3.05, 3.63) is 0 Å². The largest absolute Gasteiger partial charge is 0.352 e. The number of amides is 1. The second kappa shape index (κ2) is 6.55. The van der Waals surface area contributed by atoms with Gasteiger partial charge in [-0.1, -0.05) is 33.1 Å². The minimum Gasteiger partial charge on any atom is -0.352 e. The van der Waals surface area contributed by atoms with Crippen molar-refractivity contribution >= 4 is 5.91 Å². The second-order valence-corrected chi connectivity index (χ2v) is 6.08.